The molecule has 0 bridgehead atoms. The number of nitrogens with zero attached hydrogens (tertiary/aromatic N) is 3. The van der Waals surface area contributed by atoms with Crippen LogP contribution < -0.4 is 4.90 Å². The molecule has 11 heteroatoms. The summed E-state index contributed by atoms with van der Waals surface area (Å²) in [6, 6.07) is 4.58. The van der Waals surface area contributed by atoms with E-state index in [0.29, 0.717) is 29.7 Å². The summed E-state index contributed by atoms with van der Waals surface area (Å²) in [4.78, 5) is 21.6. The van der Waals surface area contributed by atoms with Crippen molar-refractivity contribution in [2.24, 2.45) is 5.92 Å². The molecule has 1 amide bonds. The van der Waals surface area contributed by atoms with Crippen LogP contribution in [0.2, 0.25) is 0 Å². The first-order chi connectivity index (χ1) is 19.3. The Bertz CT molecular complexity index is 1220. The predicted octanol–water partition coefficient (Wildman–Crippen LogP) is 8.49. The molecule has 1 aliphatic heterocycles. The van der Waals surface area contributed by atoms with E-state index in [0.717, 1.165) is 50.2 Å². The summed E-state index contributed by atoms with van der Waals surface area (Å²) < 4.78 is 86.4. The van der Waals surface area contributed by atoms with E-state index < -0.39 is 41.7 Å². The maximum absolute atomic E-state index is 13.5. The smallest absolute Gasteiger partial charge is 0.416 e. The third-order valence-electron chi connectivity index (χ3n) is 8.54. The van der Waals surface area contributed by atoms with Crippen molar-refractivity contribution in [2.75, 3.05) is 18.0 Å². The molecule has 2 aromatic rings. The van der Waals surface area contributed by atoms with Gasteiger partial charge in [-0.1, -0.05) is 19.3 Å². The van der Waals surface area contributed by atoms with Crippen LogP contribution in [0, 0.1) is 5.92 Å². The molecule has 3 aliphatic rings. The number of ether oxygens (including phenoxy) is 1. The first kappa shape index (κ1) is 29.5. The Balaban J connectivity index is 1.44. The van der Waals surface area contributed by atoms with Gasteiger partial charge in [-0.15, -0.1) is 0 Å². The van der Waals surface area contributed by atoms with E-state index in [1.165, 1.54) is 24.2 Å². The Morgan fingerprint density at radius 3 is 2.15 bits per heavy atom. The van der Waals surface area contributed by atoms with Gasteiger partial charge in [-0.3, -0.25) is 9.88 Å². The van der Waals surface area contributed by atoms with Gasteiger partial charge in [-0.05, 0) is 81.3 Å². The van der Waals surface area contributed by atoms with Crippen molar-refractivity contribution in [1.82, 2.24) is 9.88 Å². The zero-order valence-electron chi connectivity index (χ0n) is 23.2. The summed E-state index contributed by atoms with van der Waals surface area (Å²) in [6.45, 7) is 5.28. The Morgan fingerprint density at radius 1 is 0.951 bits per heavy atom. The van der Waals surface area contributed by atoms with Crippen molar-refractivity contribution in [3.05, 3.63) is 58.4 Å². The molecular weight excluding hydrogens is 548 g/mol. The van der Waals surface area contributed by atoms with Gasteiger partial charge in [0.2, 0.25) is 0 Å². The van der Waals surface area contributed by atoms with Crippen molar-refractivity contribution < 1.29 is 35.9 Å². The Morgan fingerprint density at radius 2 is 1.59 bits per heavy atom. The number of pyridine rings is 1. The summed E-state index contributed by atoms with van der Waals surface area (Å²) in [5, 5.41) is 0. The molecule has 1 saturated heterocycles. The number of aromatic nitrogens is 1. The fraction of sp³-hybridized carbons (Fsp3) is 0.600. The van der Waals surface area contributed by atoms with Crippen molar-refractivity contribution in [3.8, 4) is 0 Å². The minimum Gasteiger partial charge on any atom is -0.439 e. The monoisotopic (exact) mass is 583 g/mol. The molecule has 2 heterocycles. The van der Waals surface area contributed by atoms with Crippen molar-refractivity contribution in [2.45, 2.75) is 95.8 Å². The molecule has 0 N–H and O–H groups in total. The van der Waals surface area contributed by atoms with Gasteiger partial charge in [0, 0.05) is 24.7 Å². The molecule has 5 nitrogen and oxygen atoms in total. The zero-order valence-corrected chi connectivity index (χ0v) is 23.2. The van der Waals surface area contributed by atoms with E-state index in [-0.39, 0.29) is 18.2 Å². The summed E-state index contributed by atoms with van der Waals surface area (Å²) >= 11 is 0. The van der Waals surface area contributed by atoms with Gasteiger partial charge in [-0.25, -0.2) is 4.79 Å². The van der Waals surface area contributed by atoms with Gasteiger partial charge >= 0.3 is 18.4 Å². The largest absolute Gasteiger partial charge is 0.439 e. The van der Waals surface area contributed by atoms with Gasteiger partial charge in [0.1, 0.15) is 6.10 Å². The molecule has 224 valence electrons. The highest BCUT2D eigenvalue weighted by Crippen LogP contribution is 2.43. The van der Waals surface area contributed by atoms with Crippen LogP contribution in [-0.2, 0) is 23.6 Å². The first-order valence-electron chi connectivity index (χ1n) is 14.4. The molecule has 0 radical (unpaired) electrons. The summed E-state index contributed by atoms with van der Waals surface area (Å²) in [6.07, 6.45) is -4.04. The molecule has 0 spiro atoms. The number of amides is 1. The van der Waals surface area contributed by atoms with Crippen molar-refractivity contribution in [3.63, 3.8) is 0 Å². The normalized spacial score (nSPS) is 22.2. The third kappa shape index (κ3) is 6.59. The van der Waals surface area contributed by atoms with E-state index in [9.17, 15) is 31.1 Å². The lowest BCUT2D eigenvalue weighted by atomic mass is 9.89. The number of cyclic esters (lactones) is 1. The SMILES string of the molecule is CCN(CC1CCCCC1)c1ccc(C2CC2)nc1CN1C(=O)OC(c2cc(C(F)(F)F)cc(C(F)(F)F)c2)C1C. The number of carbonyl (C=O) groups excluding carboxylic acids is 1. The first-order valence-corrected chi connectivity index (χ1v) is 14.4. The van der Waals surface area contributed by atoms with Crippen molar-refractivity contribution in [1.29, 1.82) is 0 Å². The van der Waals surface area contributed by atoms with Crippen LogP contribution in [0.4, 0.5) is 36.8 Å². The summed E-state index contributed by atoms with van der Waals surface area (Å²) in [5.74, 6) is 0.918. The highest BCUT2D eigenvalue weighted by molar-refractivity contribution is 5.71. The lowest BCUT2D eigenvalue weighted by Gasteiger charge is -2.32. The lowest BCUT2D eigenvalue weighted by Crippen LogP contribution is -2.35. The fourth-order valence-electron chi connectivity index (χ4n) is 6.06. The molecule has 2 saturated carbocycles. The van der Waals surface area contributed by atoms with Crippen LogP contribution >= 0.6 is 0 Å². The second-order valence-electron chi connectivity index (χ2n) is 11.5. The number of rotatable bonds is 8. The standard InChI is InChI=1S/C30H35F6N3O2/c1-3-38(16-19-7-5-4-6-8-19)26-12-11-24(20-9-10-20)37-25(26)17-39-18(2)27(41-28(39)40)21-13-22(29(31,32)33)15-23(14-21)30(34,35)36/h11-15,18-20,27H,3-10,16-17H2,1-2H3. The number of halogens is 6. The minimum atomic E-state index is -4.99. The van der Waals surface area contributed by atoms with Gasteiger partial charge < -0.3 is 9.64 Å². The topological polar surface area (TPSA) is 45.7 Å². The second kappa shape index (κ2) is 11.4. The van der Waals surface area contributed by atoms with Gasteiger partial charge in [0.15, 0.2) is 0 Å². The van der Waals surface area contributed by atoms with Crippen molar-refractivity contribution >= 4 is 11.8 Å². The predicted molar refractivity (Wildman–Crippen MR) is 141 cm³/mol. The molecule has 5 rings (SSSR count). The van der Waals surface area contributed by atoms with Gasteiger partial charge in [0.25, 0.3) is 0 Å². The number of carbonyl (C=O) groups is 1. The van der Waals surface area contributed by atoms with E-state index in [2.05, 4.69) is 11.8 Å². The van der Waals surface area contributed by atoms with E-state index in [1.54, 1.807) is 6.92 Å². The summed E-state index contributed by atoms with van der Waals surface area (Å²) in [5.41, 5.74) is -0.733. The average Bonchev–Trinajstić information content (AvgIpc) is 3.74. The van der Waals surface area contributed by atoms with Gasteiger partial charge in [-0.2, -0.15) is 26.3 Å². The second-order valence-corrected chi connectivity index (χ2v) is 11.5. The maximum atomic E-state index is 13.5. The van der Waals surface area contributed by atoms with Crippen LogP contribution in [0.5, 0.6) is 0 Å². The number of benzene rings is 1. The Hall–Kier alpha value is -2.98. The highest BCUT2D eigenvalue weighted by atomic mass is 19.4. The van der Waals surface area contributed by atoms with E-state index in [1.807, 2.05) is 12.1 Å². The van der Waals surface area contributed by atoms with E-state index >= 15 is 0 Å². The average molecular weight is 584 g/mol. The molecule has 2 aliphatic carbocycles. The van der Waals surface area contributed by atoms with Gasteiger partial charge in [0.05, 0.1) is 35.1 Å². The number of anilines is 1. The van der Waals surface area contributed by atoms with Crippen LogP contribution in [0.1, 0.15) is 98.9 Å². The molecule has 2 unspecified atom stereocenters. The molecular formula is C30H35F6N3O2. The van der Waals surface area contributed by atoms with Crippen LogP contribution in [-0.4, -0.2) is 35.1 Å². The van der Waals surface area contributed by atoms with E-state index in [4.69, 9.17) is 9.72 Å². The molecule has 41 heavy (non-hydrogen) atoms. The van der Waals surface area contributed by atoms with Crippen LogP contribution in [0.25, 0.3) is 0 Å². The fourth-order valence-corrected chi connectivity index (χ4v) is 6.06. The Kier molecular flexibility index (Phi) is 8.18. The lowest BCUT2D eigenvalue weighted by molar-refractivity contribution is -0.143. The molecule has 2 atom stereocenters. The summed E-state index contributed by atoms with van der Waals surface area (Å²) in [7, 11) is 0. The maximum Gasteiger partial charge on any atom is 0.416 e. The molecule has 1 aromatic carbocycles. The van der Waals surface area contributed by atoms with Crippen LogP contribution in [0.3, 0.4) is 0 Å². The number of alkyl halides is 6. The minimum absolute atomic E-state index is 0.0403. The molecule has 3 fully saturated rings. The van der Waals surface area contributed by atoms with Crippen LogP contribution in [0.15, 0.2) is 30.3 Å². The highest BCUT2D eigenvalue weighted by Gasteiger charge is 2.44. The number of hydrogen-bond acceptors (Lipinski definition) is 4. The number of hydrogen-bond donors (Lipinski definition) is 0. The molecule has 1 aromatic heterocycles. The zero-order chi connectivity index (χ0) is 29.5. The quantitative estimate of drug-likeness (QED) is 0.293. The third-order valence-corrected chi connectivity index (χ3v) is 8.54. The Labute approximate surface area is 235 Å².